The zero-order valence-corrected chi connectivity index (χ0v) is 8.92. The topological polar surface area (TPSA) is 59.1 Å². The molecule has 1 aromatic rings. The molecule has 0 aliphatic rings. The quantitative estimate of drug-likeness (QED) is 0.724. The van der Waals surface area contributed by atoms with Crippen LogP contribution in [0.25, 0.3) is 0 Å². The van der Waals surface area contributed by atoms with Crippen molar-refractivity contribution in [2.75, 3.05) is 19.3 Å². The highest BCUT2D eigenvalue weighted by atomic mass is 32.2. The van der Waals surface area contributed by atoms with Gasteiger partial charge in [-0.3, -0.25) is 4.98 Å². The van der Waals surface area contributed by atoms with E-state index in [2.05, 4.69) is 10.3 Å². The maximum atomic E-state index is 11.7. The van der Waals surface area contributed by atoms with Crippen LogP contribution in [0.1, 0.15) is 6.42 Å². The monoisotopic (exact) mass is 214 g/mol. The van der Waals surface area contributed by atoms with Crippen LogP contribution in [-0.2, 0) is 9.84 Å². The van der Waals surface area contributed by atoms with Crippen molar-refractivity contribution in [1.29, 1.82) is 0 Å². The normalized spacial score (nSPS) is 11.5. The number of hydrogen-bond acceptors (Lipinski definition) is 4. The van der Waals surface area contributed by atoms with E-state index in [9.17, 15) is 8.42 Å². The molecule has 0 amide bonds. The summed E-state index contributed by atoms with van der Waals surface area (Å²) in [5.41, 5.74) is 0. The highest BCUT2D eigenvalue weighted by molar-refractivity contribution is 7.91. The van der Waals surface area contributed by atoms with Gasteiger partial charge in [-0.25, -0.2) is 8.42 Å². The first-order valence-electron chi connectivity index (χ1n) is 4.44. The average molecular weight is 214 g/mol. The average Bonchev–Trinajstić information content (AvgIpc) is 2.19. The number of hydrogen-bond donors (Lipinski definition) is 1. The molecule has 0 fully saturated rings. The minimum atomic E-state index is -3.11. The fourth-order valence-electron chi connectivity index (χ4n) is 1.10. The van der Waals surface area contributed by atoms with Crippen molar-refractivity contribution in [3.8, 4) is 0 Å². The lowest BCUT2D eigenvalue weighted by Gasteiger charge is -2.03. The highest BCUT2D eigenvalue weighted by Crippen LogP contribution is 2.09. The van der Waals surface area contributed by atoms with Gasteiger partial charge in [0, 0.05) is 12.4 Å². The highest BCUT2D eigenvalue weighted by Gasteiger charge is 2.12. The molecule has 4 nitrogen and oxygen atoms in total. The van der Waals surface area contributed by atoms with Crippen LogP contribution in [0.3, 0.4) is 0 Å². The van der Waals surface area contributed by atoms with E-state index in [0.29, 0.717) is 17.9 Å². The van der Waals surface area contributed by atoms with Crippen molar-refractivity contribution in [3.05, 3.63) is 24.5 Å². The molecule has 0 spiro atoms. The van der Waals surface area contributed by atoms with E-state index in [-0.39, 0.29) is 5.75 Å². The Labute approximate surface area is 84.3 Å². The van der Waals surface area contributed by atoms with Crippen LogP contribution in [0.15, 0.2) is 29.4 Å². The van der Waals surface area contributed by atoms with Gasteiger partial charge >= 0.3 is 0 Å². The number of pyridine rings is 1. The summed E-state index contributed by atoms with van der Waals surface area (Å²) in [5.74, 6) is 0.178. The second kappa shape index (κ2) is 5.07. The number of aromatic nitrogens is 1. The summed E-state index contributed by atoms with van der Waals surface area (Å²) < 4.78 is 23.3. The van der Waals surface area contributed by atoms with E-state index in [0.717, 1.165) is 0 Å². The van der Waals surface area contributed by atoms with Crippen LogP contribution in [-0.4, -0.2) is 32.7 Å². The Kier molecular flexibility index (Phi) is 4.03. The van der Waals surface area contributed by atoms with Crippen molar-refractivity contribution in [2.45, 2.75) is 11.3 Å². The predicted molar refractivity (Wildman–Crippen MR) is 54.8 cm³/mol. The van der Waals surface area contributed by atoms with E-state index in [1.807, 2.05) is 0 Å². The van der Waals surface area contributed by atoms with Gasteiger partial charge in [0.15, 0.2) is 9.84 Å². The van der Waals surface area contributed by atoms with Crippen LogP contribution >= 0.6 is 0 Å². The van der Waals surface area contributed by atoms with Gasteiger partial charge < -0.3 is 5.32 Å². The lowest BCUT2D eigenvalue weighted by Crippen LogP contribution is -2.14. The Morgan fingerprint density at radius 1 is 1.36 bits per heavy atom. The Balaban J connectivity index is 2.67. The largest absolute Gasteiger partial charge is 0.320 e. The van der Waals surface area contributed by atoms with Crippen molar-refractivity contribution in [2.24, 2.45) is 0 Å². The third-order valence-electron chi connectivity index (χ3n) is 1.85. The fraction of sp³-hybridized carbons (Fsp3) is 0.444. The molecule has 0 atom stereocenters. The molecule has 0 aliphatic carbocycles. The third-order valence-corrected chi connectivity index (χ3v) is 3.67. The number of nitrogens with zero attached hydrogens (tertiary/aromatic N) is 1. The summed E-state index contributed by atoms with van der Waals surface area (Å²) in [4.78, 5) is 4.13. The van der Waals surface area contributed by atoms with Crippen molar-refractivity contribution in [1.82, 2.24) is 10.3 Å². The predicted octanol–water partition coefficient (Wildman–Crippen LogP) is 0.465. The minimum Gasteiger partial charge on any atom is -0.320 e. The Bertz CT molecular complexity index is 362. The lowest BCUT2D eigenvalue weighted by molar-refractivity contribution is 0.591. The van der Waals surface area contributed by atoms with Gasteiger partial charge in [0.2, 0.25) is 0 Å². The third kappa shape index (κ3) is 3.08. The van der Waals surface area contributed by atoms with Crippen LogP contribution in [0.5, 0.6) is 0 Å². The van der Waals surface area contributed by atoms with Gasteiger partial charge in [-0.1, -0.05) is 0 Å². The lowest BCUT2D eigenvalue weighted by atomic mass is 10.5. The van der Waals surface area contributed by atoms with Crippen LogP contribution < -0.4 is 5.32 Å². The van der Waals surface area contributed by atoms with E-state index >= 15 is 0 Å². The van der Waals surface area contributed by atoms with Crippen LogP contribution in [0, 0.1) is 0 Å². The standard InChI is InChI=1S/C9H14N2O2S/c1-10-5-2-8-14(12,13)9-3-6-11-7-4-9/h3-4,6-7,10H,2,5,8H2,1H3. The first-order chi connectivity index (χ1) is 6.67. The molecular formula is C9H14N2O2S. The second-order valence-electron chi connectivity index (χ2n) is 2.96. The van der Waals surface area contributed by atoms with Gasteiger partial charge in [0.05, 0.1) is 10.6 Å². The maximum absolute atomic E-state index is 11.7. The van der Waals surface area contributed by atoms with Crippen LogP contribution in [0.2, 0.25) is 0 Å². The van der Waals surface area contributed by atoms with Gasteiger partial charge in [-0.2, -0.15) is 0 Å². The molecule has 0 saturated heterocycles. The van der Waals surface area contributed by atoms with Gasteiger partial charge in [-0.05, 0) is 32.1 Å². The van der Waals surface area contributed by atoms with E-state index in [4.69, 9.17) is 0 Å². The molecule has 0 aliphatic heterocycles. The van der Waals surface area contributed by atoms with Gasteiger partial charge in [-0.15, -0.1) is 0 Å². The van der Waals surface area contributed by atoms with Crippen molar-refractivity contribution < 1.29 is 8.42 Å². The summed E-state index contributed by atoms with van der Waals surface area (Å²) >= 11 is 0. The molecule has 0 bridgehead atoms. The van der Waals surface area contributed by atoms with Crippen LogP contribution in [0.4, 0.5) is 0 Å². The summed E-state index contributed by atoms with van der Waals surface area (Å²) in [6.07, 6.45) is 3.61. The summed E-state index contributed by atoms with van der Waals surface area (Å²) in [7, 11) is -1.31. The molecule has 1 N–H and O–H groups in total. The molecule has 0 saturated carbocycles. The van der Waals surface area contributed by atoms with E-state index in [1.165, 1.54) is 24.5 Å². The number of rotatable bonds is 5. The molecule has 1 rings (SSSR count). The summed E-state index contributed by atoms with van der Waals surface area (Å²) in [5, 5.41) is 2.91. The molecule has 0 radical (unpaired) electrons. The minimum absolute atomic E-state index is 0.178. The summed E-state index contributed by atoms with van der Waals surface area (Å²) in [6.45, 7) is 0.713. The Morgan fingerprint density at radius 2 is 2.00 bits per heavy atom. The molecule has 1 heterocycles. The molecule has 0 unspecified atom stereocenters. The molecular weight excluding hydrogens is 200 g/mol. The zero-order chi connectivity index (χ0) is 10.4. The maximum Gasteiger partial charge on any atom is 0.178 e. The molecule has 14 heavy (non-hydrogen) atoms. The van der Waals surface area contributed by atoms with E-state index in [1.54, 1.807) is 7.05 Å². The van der Waals surface area contributed by atoms with Crippen molar-refractivity contribution in [3.63, 3.8) is 0 Å². The number of nitrogens with one attached hydrogen (secondary N) is 1. The van der Waals surface area contributed by atoms with Gasteiger partial charge in [0.1, 0.15) is 0 Å². The second-order valence-corrected chi connectivity index (χ2v) is 5.07. The molecule has 5 heteroatoms. The Morgan fingerprint density at radius 3 is 2.57 bits per heavy atom. The molecule has 1 aromatic heterocycles. The summed E-state index contributed by atoms with van der Waals surface area (Å²) in [6, 6.07) is 3.05. The Hall–Kier alpha value is -0.940. The number of sulfone groups is 1. The smallest absolute Gasteiger partial charge is 0.178 e. The SMILES string of the molecule is CNCCCS(=O)(=O)c1ccncc1. The zero-order valence-electron chi connectivity index (χ0n) is 8.10. The molecule has 0 aromatic carbocycles. The van der Waals surface area contributed by atoms with Crippen molar-refractivity contribution >= 4 is 9.84 Å². The molecule has 78 valence electrons. The fourth-order valence-corrected chi connectivity index (χ4v) is 2.40. The van der Waals surface area contributed by atoms with E-state index < -0.39 is 9.84 Å². The first kappa shape index (κ1) is 11.1. The van der Waals surface area contributed by atoms with Gasteiger partial charge in [0.25, 0.3) is 0 Å². The first-order valence-corrected chi connectivity index (χ1v) is 6.09.